The minimum Gasteiger partial charge on any atom is -0.496 e. The van der Waals surface area contributed by atoms with E-state index in [1.165, 1.54) is 5.56 Å². The first-order valence-electron chi connectivity index (χ1n) is 12.8. The van der Waals surface area contributed by atoms with Gasteiger partial charge in [0.15, 0.2) is 5.78 Å². The SMILES string of the molecule is COc1ccc(/C=C/C(=O)c2ccc(N3CCOCC3)cc2)cc1COc1cc(C)ccc1C(C)(C)C. The van der Waals surface area contributed by atoms with Gasteiger partial charge in [-0.2, -0.15) is 0 Å². The lowest BCUT2D eigenvalue weighted by atomic mass is 9.86. The van der Waals surface area contributed by atoms with Crippen molar-refractivity contribution in [2.45, 2.75) is 39.7 Å². The van der Waals surface area contributed by atoms with E-state index in [-0.39, 0.29) is 11.2 Å². The summed E-state index contributed by atoms with van der Waals surface area (Å²) in [5, 5.41) is 0. The molecule has 0 aromatic heterocycles. The molecule has 1 aliphatic rings. The third-order valence-electron chi connectivity index (χ3n) is 6.59. The Hall–Kier alpha value is -3.57. The zero-order valence-electron chi connectivity index (χ0n) is 22.5. The quantitative estimate of drug-likeness (QED) is 0.258. The van der Waals surface area contributed by atoms with E-state index < -0.39 is 0 Å². The van der Waals surface area contributed by atoms with Gasteiger partial charge in [0.25, 0.3) is 0 Å². The molecule has 37 heavy (non-hydrogen) atoms. The van der Waals surface area contributed by atoms with Gasteiger partial charge in [0, 0.05) is 29.9 Å². The van der Waals surface area contributed by atoms with Gasteiger partial charge in [0.1, 0.15) is 18.1 Å². The van der Waals surface area contributed by atoms with E-state index in [2.05, 4.69) is 50.8 Å². The number of allylic oxidation sites excluding steroid dienone is 1. The fourth-order valence-electron chi connectivity index (χ4n) is 4.47. The number of nitrogens with zero attached hydrogens (tertiary/aromatic N) is 1. The molecular formula is C32H37NO4. The molecule has 194 valence electrons. The van der Waals surface area contributed by atoms with Gasteiger partial charge in [-0.1, -0.05) is 45.0 Å². The highest BCUT2D eigenvalue weighted by Crippen LogP contribution is 2.33. The number of carbonyl (C=O) groups is 1. The molecule has 1 aliphatic heterocycles. The second kappa shape index (κ2) is 11.7. The van der Waals surface area contributed by atoms with Crippen molar-refractivity contribution in [3.05, 3.63) is 94.6 Å². The molecule has 0 radical (unpaired) electrons. The smallest absolute Gasteiger partial charge is 0.185 e. The fraction of sp³-hybridized carbons (Fsp3) is 0.344. The van der Waals surface area contributed by atoms with Crippen LogP contribution in [0.4, 0.5) is 5.69 Å². The van der Waals surface area contributed by atoms with E-state index in [1.807, 2.05) is 48.5 Å². The number of ether oxygens (including phenoxy) is 3. The Bertz CT molecular complexity index is 1250. The molecular weight excluding hydrogens is 462 g/mol. The molecule has 0 saturated carbocycles. The summed E-state index contributed by atoms with van der Waals surface area (Å²) in [7, 11) is 1.66. The molecule has 0 atom stereocenters. The maximum atomic E-state index is 12.8. The number of morpholine rings is 1. The second-order valence-corrected chi connectivity index (χ2v) is 10.5. The van der Waals surface area contributed by atoms with Gasteiger partial charge in [-0.15, -0.1) is 0 Å². The Morgan fingerprint density at radius 1 is 0.973 bits per heavy atom. The highest BCUT2D eigenvalue weighted by molar-refractivity contribution is 6.07. The topological polar surface area (TPSA) is 48.0 Å². The zero-order valence-corrected chi connectivity index (χ0v) is 22.5. The number of anilines is 1. The first kappa shape index (κ1) is 26.5. The molecule has 0 spiro atoms. The summed E-state index contributed by atoms with van der Waals surface area (Å²) in [5.41, 5.74) is 5.91. The van der Waals surface area contributed by atoms with Gasteiger partial charge >= 0.3 is 0 Å². The third-order valence-corrected chi connectivity index (χ3v) is 6.59. The van der Waals surface area contributed by atoms with Gasteiger partial charge < -0.3 is 19.1 Å². The number of rotatable bonds is 8. The van der Waals surface area contributed by atoms with E-state index in [0.29, 0.717) is 12.2 Å². The van der Waals surface area contributed by atoms with Crippen LogP contribution < -0.4 is 14.4 Å². The summed E-state index contributed by atoms with van der Waals surface area (Å²) in [5.74, 6) is 1.61. The fourth-order valence-corrected chi connectivity index (χ4v) is 4.47. The lowest BCUT2D eigenvalue weighted by Gasteiger charge is -2.28. The Morgan fingerprint density at radius 2 is 1.70 bits per heavy atom. The molecule has 1 fully saturated rings. The predicted molar refractivity (Wildman–Crippen MR) is 150 cm³/mol. The largest absolute Gasteiger partial charge is 0.496 e. The van der Waals surface area contributed by atoms with Crippen molar-refractivity contribution in [3.8, 4) is 11.5 Å². The van der Waals surface area contributed by atoms with E-state index in [9.17, 15) is 4.79 Å². The van der Waals surface area contributed by atoms with Crippen LogP contribution in [-0.2, 0) is 16.8 Å². The minimum absolute atomic E-state index is 0.0293. The van der Waals surface area contributed by atoms with Crippen molar-refractivity contribution in [2.24, 2.45) is 0 Å². The summed E-state index contributed by atoms with van der Waals surface area (Å²) in [6.45, 7) is 12.2. The van der Waals surface area contributed by atoms with E-state index in [1.54, 1.807) is 13.2 Å². The van der Waals surface area contributed by atoms with E-state index in [4.69, 9.17) is 14.2 Å². The van der Waals surface area contributed by atoms with Crippen LogP contribution >= 0.6 is 0 Å². The highest BCUT2D eigenvalue weighted by atomic mass is 16.5. The lowest BCUT2D eigenvalue weighted by molar-refractivity contribution is 0.104. The zero-order chi connectivity index (χ0) is 26.4. The van der Waals surface area contributed by atoms with Crippen LogP contribution in [-0.4, -0.2) is 39.2 Å². The van der Waals surface area contributed by atoms with Crippen molar-refractivity contribution < 1.29 is 19.0 Å². The van der Waals surface area contributed by atoms with E-state index in [0.717, 1.165) is 60.2 Å². The van der Waals surface area contributed by atoms with Crippen molar-refractivity contribution in [3.63, 3.8) is 0 Å². The maximum Gasteiger partial charge on any atom is 0.185 e. The number of ketones is 1. The van der Waals surface area contributed by atoms with Crippen LogP contribution in [0.25, 0.3) is 6.08 Å². The third kappa shape index (κ3) is 6.80. The maximum absolute atomic E-state index is 12.8. The summed E-state index contributed by atoms with van der Waals surface area (Å²) in [4.78, 5) is 15.1. The molecule has 5 nitrogen and oxygen atoms in total. The molecule has 0 bridgehead atoms. The van der Waals surface area contributed by atoms with Gasteiger partial charge in [-0.05, 0) is 77.6 Å². The molecule has 5 heteroatoms. The highest BCUT2D eigenvalue weighted by Gasteiger charge is 2.19. The Morgan fingerprint density at radius 3 is 2.38 bits per heavy atom. The molecule has 0 aliphatic carbocycles. The van der Waals surface area contributed by atoms with Crippen molar-refractivity contribution in [2.75, 3.05) is 38.3 Å². The van der Waals surface area contributed by atoms with Crippen LogP contribution in [0.15, 0.2) is 66.7 Å². The molecule has 1 heterocycles. The standard InChI is InChI=1S/C32H37NO4/c1-23-6-13-28(32(2,3)4)31(20-23)37-22-26-21-24(8-15-30(26)35-5)7-14-29(34)25-9-11-27(12-10-25)33-16-18-36-19-17-33/h6-15,20-21H,16-19,22H2,1-5H3/b14-7+. The average Bonchev–Trinajstić information content (AvgIpc) is 2.90. The Kier molecular flexibility index (Phi) is 8.34. The number of hydrogen-bond acceptors (Lipinski definition) is 5. The van der Waals surface area contributed by atoms with Crippen LogP contribution in [0, 0.1) is 6.92 Å². The monoisotopic (exact) mass is 499 g/mol. The van der Waals surface area contributed by atoms with Crippen molar-refractivity contribution >= 4 is 17.5 Å². The number of hydrogen-bond donors (Lipinski definition) is 0. The summed E-state index contributed by atoms with van der Waals surface area (Å²) in [6, 6.07) is 20.0. The number of aryl methyl sites for hydroxylation is 1. The Labute approximate surface area is 220 Å². The van der Waals surface area contributed by atoms with Gasteiger partial charge in [-0.25, -0.2) is 0 Å². The second-order valence-electron chi connectivity index (χ2n) is 10.5. The number of methoxy groups -OCH3 is 1. The first-order valence-corrected chi connectivity index (χ1v) is 12.8. The lowest BCUT2D eigenvalue weighted by Crippen LogP contribution is -2.36. The van der Waals surface area contributed by atoms with Crippen LogP contribution in [0.2, 0.25) is 0 Å². The number of carbonyl (C=O) groups excluding carboxylic acids is 1. The number of benzene rings is 3. The molecule has 3 aromatic rings. The van der Waals surface area contributed by atoms with Crippen LogP contribution in [0.5, 0.6) is 11.5 Å². The average molecular weight is 500 g/mol. The molecule has 0 amide bonds. The molecule has 3 aromatic carbocycles. The first-order chi connectivity index (χ1) is 17.7. The molecule has 4 rings (SSSR count). The van der Waals surface area contributed by atoms with Crippen LogP contribution in [0.1, 0.15) is 53.4 Å². The summed E-state index contributed by atoms with van der Waals surface area (Å²) < 4.78 is 17.3. The van der Waals surface area contributed by atoms with Crippen LogP contribution in [0.3, 0.4) is 0 Å². The normalized spacial score (nSPS) is 14.1. The van der Waals surface area contributed by atoms with Gasteiger partial charge in [0.05, 0.1) is 20.3 Å². The molecule has 0 unspecified atom stereocenters. The molecule has 1 saturated heterocycles. The summed E-state index contributed by atoms with van der Waals surface area (Å²) in [6.07, 6.45) is 3.46. The Balaban J connectivity index is 1.47. The van der Waals surface area contributed by atoms with Gasteiger partial charge in [-0.3, -0.25) is 4.79 Å². The molecule has 0 N–H and O–H groups in total. The predicted octanol–water partition coefficient (Wildman–Crippen LogP) is 6.61. The summed E-state index contributed by atoms with van der Waals surface area (Å²) >= 11 is 0. The van der Waals surface area contributed by atoms with E-state index >= 15 is 0 Å². The minimum atomic E-state index is -0.0308. The van der Waals surface area contributed by atoms with Crippen molar-refractivity contribution in [1.82, 2.24) is 0 Å². The van der Waals surface area contributed by atoms with Gasteiger partial charge in [0.2, 0.25) is 0 Å². The van der Waals surface area contributed by atoms with Crippen molar-refractivity contribution in [1.29, 1.82) is 0 Å².